The van der Waals surface area contributed by atoms with Gasteiger partial charge >= 0.3 is 0 Å². The minimum Gasteiger partial charge on any atom is -0.486 e. The number of aryl methyl sites for hydroxylation is 1. The van der Waals surface area contributed by atoms with Crippen molar-refractivity contribution in [3.05, 3.63) is 99.3 Å². The van der Waals surface area contributed by atoms with Crippen LogP contribution in [0.5, 0.6) is 11.5 Å². The van der Waals surface area contributed by atoms with Gasteiger partial charge < -0.3 is 19.4 Å². The van der Waals surface area contributed by atoms with Crippen LogP contribution in [0.4, 0.5) is 5.69 Å². The van der Waals surface area contributed by atoms with E-state index in [2.05, 4.69) is 5.32 Å². The molecule has 37 heavy (non-hydrogen) atoms. The minimum atomic E-state index is -0.232. The van der Waals surface area contributed by atoms with Gasteiger partial charge in [0.1, 0.15) is 13.2 Å². The van der Waals surface area contributed by atoms with Crippen LogP contribution in [0, 0.1) is 6.92 Å². The molecule has 1 aliphatic rings. The van der Waals surface area contributed by atoms with E-state index in [1.165, 1.54) is 11.5 Å². The Balaban J connectivity index is 1.47. The number of fused-ring (bicyclic) bond motifs is 2. The number of ketones is 2. The fourth-order valence-corrected chi connectivity index (χ4v) is 4.44. The van der Waals surface area contributed by atoms with Crippen LogP contribution < -0.4 is 20.3 Å². The van der Waals surface area contributed by atoms with Crippen molar-refractivity contribution in [3.63, 3.8) is 0 Å². The Hall–Kier alpha value is -4.39. The molecular weight excluding hydrogens is 468 g/mol. The molecule has 1 aromatic heterocycles. The number of hydrogen-bond acceptors (Lipinski definition) is 6. The van der Waals surface area contributed by atoms with Crippen molar-refractivity contribution in [1.29, 1.82) is 0 Å². The Kier molecular flexibility index (Phi) is 6.77. The number of anilines is 1. The summed E-state index contributed by atoms with van der Waals surface area (Å²) >= 11 is 0. The van der Waals surface area contributed by atoms with Gasteiger partial charge in [0.25, 0.3) is 5.56 Å². The number of aromatic nitrogens is 1. The van der Waals surface area contributed by atoms with E-state index in [1.807, 2.05) is 43.3 Å². The van der Waals surface area contributed by atoms with Crippen LogP contribution in [0.1, 0.15) is 34.0 Å². The molecule has 188 valence electrons. The fraction of sp³-hybridized carbons (Fsp3) is 0.233. The minimum absolute atomic E-state index is 0.0264. The Labute approximate surface area is 214 Å². The van der Waals surface area contributed by atoms with Crippen LogP contribution >= 0.6 is 0 Å². The van der Waals surface area contributed by atoms with Crippen molar-refractivity contribution >= 4 is 28.2 Å². The summed E-state index contributed by atoms with van der Waals surface area (Å²) in [6.07, 6.45) is 0.155. The van der Waals surface area contributed by atoms with Gasteiger partial charge in [-0.2, -0.15) is 0 Å². The number of nitrogens with one attached hydrogen (secondary N) is 1. The highest BCUT2D eigenvalue weighted by Gasteiger charge is 2.18. The van der Waals surface area contributed by atoms with Crippen LogP contribution in [0.3, 0.4) is 0 Å². The normalized spacial score (nSPS) is 12.4. The lowest BCUT2D eigenvalue weighted by Crippen LogP contribution is -2.29. The van der Waals surface area contributed by atoms with Gasteiger partial charge in [-0.1, -0.05) is 42.0 Å². The third-order valence-corrected chi connectivity index (χ3v) is 6.46. The highest BCUT2D eigenvalue weighted by atomic mass is 16.6. The molecular formula is C30H28N2O5. The average Bonchev–Trinajstić information content (AvgIpc) is 2.89. The van der Waals surface area contributed by atoms with E-state index in [0.717, 1.165) is 22.2 Å². The summed E-state index contributed by atoms with van der Waals surface area (Å²) in [5, 5.41) is 4.10. The maximum Gasteiger partial charge on any atom is 0.256 e. The first-order valence-electron chi connectivity index (χ1n) is 12.3. The van der Waals surface area contributed by atoms with E-state index in [-0.39, 0.29) is 30.1 Å². The van der Waals surface area contributed by atoms with Crippen LogP contribution in [-0.4, -0.2) is 29.3 Å². The predicted octanol–water partition coefficient (Wildman–Crippen LogP) is 4.71. The maximum absolute atomic E-state index is 13.6. The lowest BCUT2D eigenvalue weighted by molar-refractivity contribution is -0.119. The fourth-order valence-electron chi connectivity index (χ4n) is 4.44. The molecule has 0 radical (unpaired) electrons. The summed E-state index contributed by atoms with van der Waals surface area (Å²) < 4.78 is 13.0. The molecule has 5 rings (SSSR count). The zero-order valence-corrected chi connectivity index (χ0v) is 20.9. The smallest absolute Gasteiger partial charge is 0.256 e. The Bertz CT molecular complexity index is 1540. The van der Waals surface area contributed by atoms with Crippen LogP contribution in [0.2, 0.25) is 0 Å². The molecule has 0 atom stereocenters. The van der Waals surface area contributed by atoms with Crippen LogP contribution in [0.15, 0.2) is 71.5 Å². The number of benzene rings is 3. The first kappa shape index (κ1) is 24.3. The van der Waals surface area contributed by atoms with Gasteiger partial charge in [0.2, 0.25) is 0 Å². The molecule has 2 heterocycles. The zero-order valence-electron chi connectivity index (χ0n) is 20.9. The van der Waals surface area contributed by atoms with E-state index in [4.69, 9.17) is 9.47 Å². The highest BCUT2D eigenvalue weighted by Crippen LogP contribution is 2.34. The molecule has 7 nitrogen and oxygen atoms in total. The number of Topliss-reactive ketones (excluding diaryl/α,β-unsaturated/α-hetero) is 2. The molecule has 7 heteroatoms. The second-order valence-electron chi connectivity index (χ2n) is 9.30. The van der Waals surface area contributed by atoms with Crippen LogP contribution in [-0.2, 0) is 24.3 Å². The molecule has 0 saturated heterocycles. The van der Waals surface area contributed by atoms with E-state index in [1.54, 1.807) is 30.3 Å². The van der Waals surface area contributed by atoms with E-state index >= 15 is 0 Å². The standard InChI is InChI=1S/C30H28N2O5/c1-19-3-9-25(10-4-19)31-17-24-14-23-15-28-29(37-12-11-36-28)16-27(23)32(30(24)35)18-26(34)13-21-5-7-22(8-6-21)20(2)33/h3-10,14-16,31H,11-13,17-18H2,1-2H3. The number of carbonyl (C=O) groups excluding carboxylic acids is 2. The van der Waals surface area contributed by atoms with Gasteiger partial charge in [0.15, 0.2) is 23.1 Å². The Morgan fingerprint density at radius 1 is 0.919 bits per heavy atom. The molecule has 0 aliphatic carbocycles. The molecule has 0 bridgehead atoms. The molecule has 1 aliphatic heterocycles. The summed E-state index contributed by atoms with van der Waals surface area (Å²) in [7, 11) is 0. The molecule has 0 saturated carbocycles. The average molecular weight is 497 g/mol. The summed E-state index contributed by atoms with van der Waals surface area (Å²) in [4.78, 5) is 38.3. The van der Waals surface area contributed by atoms with Gasteiger partial charge in [-0.3, -0.25) is 14.4 Å². The van der Waals surface area contributed by atoms with Crippen molar-refractivity contribution < 1.29 is 19.1 Å². The first-order valence-corrected chi connectivity index (χ1v) is 12.3. The third-order valence-electron chi connectivity index (χ3n) is 6.46. The molecule has 0 amide bonds. The van der Waals surface area contributed by atoms with E-state index in [9.17, 15) is 14.4 Å². The monoisotopic (exact) mass is 496 g/mol. The predicted molar refractivity (Wildman–Crippen MR) is 143 cm³/mol. The number of rotatable bonds is 8. The quantitative estimate of drug-likeness (QED) is 0.356. The number of ether oxygens (including phenoxy) is 2. The summed E-state index contributed by atoms with van der Waals surface area (Å²) in [6.45, 7) is 4.64. The zero-order chi connectivity index (χ0) is 25.9. The van der Waals surface area contributed by atoms with Crippen molar-refractivity contribution in [2.75, 3.05) is 18.5 Å². The lowest BCUT2D eigenvalue weighted by Gasteiger charge is -2.21. The summed E-state index contributed by atoms with van der Waals surface area (Å²) in [5.41, 5.74) is 4.38. The number of carbonyl (C=O) groups is 2. The number of hydrogen-bond donors (Lipinski definition) is 1. The lowest BCUT2D eigenvalue weighted by atomic mass is 10.0. The van der Waals surface area contributed by atoms with Gasteiger partial charge in [-0.25, -0.2) is 0 Å². The second kappa shape index (κ2) is 10.3. The van der Waals surface area contributed by atoms with E-state index < -0.39 is 0 Å². The molecule has 0 fully saturated rings. The third kappa shape index (κ3) is 5.40. The van der Waals surface area contributed by atoms with Gasteiger partial charge in [0.05, 0.1) is 12.1 Å². The van der Waals surface area contributed by atoms with Crippen molar-refractivity contribution in [2.45, 2.75) is 33.4 Å². The Morgan fingerprint density at radius 3 is 2.27 bits per heavy atom. The molecule has 4 aromatic rings. The second-order valence-corrected chi connectivity index (χ2v) is 9.30. The number of nitrogens with zero attached hydrogens (tertiary/aromatic N) is 1. The molecule has 0 spiro atoms. The summed E-state index contributed by atoms with van der Waals surface area (Å²) in [6, 6.07) is 20.4. The maximum atomic E-state index is 13.6. The Morgan fingerprint density at radius 2 is 1.59 bits per heavy atom. The largest absolute Gasteiger partial charge is 0.486 e. The summed E-state index contributed by atoms with van der Waals surface area (Å²) in [5.74, 6) is 1.04. The van der Waals surface area contributed by atoms with Crippen molar-refractivity contribution in [3.8, 4) is 11.5 Å². The van der Waals surface area contributed by atoms with Gasteiger partial charge in [-0.15, -0.1) is 0 Å². The van der Waals surface area contributed by atoms with E-state index in [0.29, 0.717) is 47.9 Å². The SMILES string of the molecule is CC(=O)c1ccc(CC(=O)Cn2c(=O)c(CNc3ccc(C)cc3)cc3cc4c(cc32)OCCO4)cc1. The molecule has 1 N–H and O–H groups in total. The molecule has 3 aromatic carbocycles. The van der Waals surface area contributed by atoms with Gasteiger partial charge in [0, 0.05) is 41.2 Å². The van der Waals surface area contributed by atoms with Crippen molar-refractivity contribution in [1.82, 2.24) is 4.57 Å². The highest BCUT2D eigenvalue weighted by molar-refractivity contribution is 5.94. The van der Waals surface area contributed by atoms with Crippen molar-refractivity contribution in [2.24, 2.45) is 0 Å². The first-order chi connectivity index (χ1) is 17.9. The topological polar surface area (TPSA) is 86.6 Å². The molecule has 0 unspecified atom stereocenters. The van der Waals surface area contributed by atoms with Crippen LogP contribution in [0.25, 0.3) is 10.9 Å². The number of pyridine rings is 1. The van der Waals surface area contributed by atoms with Gasteiger partial charge in [-0.05, 0) is 43.7 Å².